The minimum atomic E-state index is -0.0659. The van der Waals surface area contributed by atoms with Crippen LogP contribution in [0.25, 0.3) is 0 Å². The molecule has 0 unspecified atom stereocenters. The zero-order valence-electron chi connectivity index (χ0n) is 12.6. The number of hydrogen-bond acceptors (Lipinski definition) is 3. The third-order valence-corrected chi connectivity index (χ3v) is 3.17. The van der Waals surface area contributed by atoms with Crippen molar-refractivity contribution in [2.75, 3.05) is 39.1 Å². The van der Waals surface area contributed by atoms with E-state index in [2.05, 4.69) is 13.8 Å². The summed E-state index contributed by atoms with van der Waals surface area (Å²) in [5, 5.41) is 0. The lowest BCUT2D eigenvalue weighted by molar-refractivity contribution is 0.0740. The van der Waals surface area contributed by atoms with E-state index < -0.39 is 0 Å². The first-order chi connectivity index (χ1) is 8.76. The monoisotopic (exact) mass is 263 g/mol. The van der Waals surface area contributed by atoms with Crippen molar-refractivity contribution in [3.05, 3.63) is 29.8 Å². The van der Waals surface area contributed by atoms with Crippen LogP contribution in [0.5, 0.6) is 0 Å². The fourth-order valence-corrected chi connectivity index (χ4v) is 1.92. The fourth-order valence-electron chi connectivity index (χ4n) is 1.92. The lowest BCUT2D eigenvalue weighted by Gasteiger charge is -2.29. The van der Waals surface area contributed by atoms with Crippen LogP contribution in [0, 0.1) is 5.41 Å². The minimum absolute atomic E-state index is 0.0326. The first kappa shape index (κ1) is 15.5. The van der Waals surface area contributed by atoms with E-state index in [1.807, 2.05) is 50.3 Å². The summed E-state index contributed by atoms with van der Waals surface area (Å²) in [4.78, 5) is 16.1. The molecule has 1 amide bonds. The molecule has 106 valence electrons. The molecule has 0 aliphatic rings. The van der Waals surface area contributed by atoms with Crippen LogP contribution in [0.2, 0.25) is 0 Å². The Morgan fingerprint density at radius 2 is 1.89 bits per heavy atom. The number of carbonyl (C=O) groups excluding carboxylic acids is 1. The number of anilines is 1. The number of carbonyl (C=O) groups is 1. The SMILES string of the molecule is CN(CC(C)(C)CN)C(=O)c1cccc(N(C)C)c1. The van der Waals surface area contributed by atoms with Crippen LogP contribution in [0.15, 0.2) is 24.3 Å². The predicted octanol–water partition coefficient (Wildman–Crippen LogP) is 1.81. The van der Waals surface area contributed by atoms with E-state index in [4.69, 9.17) is 5.73 Å². The number of rotatable bonds is 5. The average molecular weight is 263 g/mol. The normalized spacial score (nSPS) is 11.3. The van der Waals surface area contributed by atoms with E-state index in [0.717, 1.165) is 5.69 Å². The molecule has 19 heavy (non-hydrogen) atoms. The summed E-state index contributed by atoms with van der Waals surface area (Å²) >= 11 is 0. The number of nitrogens with two attached hydrogens (primary N) is 1. The van der Waals surface area contributed by atoms with Gasteiger partial charge in [0.15, 0.2) is 0 Å². The summed E-state index contributed by atoms with van der Waals surface area (Å²) < 4.78 is 0. The first-order valence-electron chi connectivity index (χ1n) is 6.50. The molecule has 1 aromatic rings. The van der Waals surface area contributed by atoms with Crippen LogP contribution >= 0.6 is 0 Å². The van der Waals surface area contributed by atoms with E-state index in [9.17, 15) is 4.79 Å². The quantitative estimate of drug-likeness (QED) is 0.881. The number of hydrogen-bond donors (Lipinski definition) is 1. The summed E-state index contributed by atoms with van der Waals surface area (Å²) in [5.74, 6) is 0.0326. The largest absolute Gasteiger partial charge is 0.378 e. The third-order valence-electron chi connectivity index (χ3n) is 3.17. The Hall–Kier alpha value is -1.55. The highest BCUT2D eigenvalue weighted by Crippen LogP contribution is 2.18. The van der Waals surface area contributed by atoms with E-state index in [1.165, 1.54) is 0 Å². The Kier molecular flexibility index (Phi) is 4.95. The maximum Gasteiger partial charge on any atom is 0.253 e. The van der Waals surface area contributed by atoms with Crippen molar-refractivity contribution in [1.29, 1.82) is 0 Å². The van der Waals surface area contributed by atoms with Crippen LogP contribution in [0.1, 0.15) is 24.2 Å². The van der Waals surface area contributed by atoms with Gasteiger partial charge in [0, 0.05) is 38.9 Å². The molecule has 4 nitrogen and oxygen atoms in total. The topological polar surface area (TPSA) is 49.6 Å². The summed E-state index contributed by atoms with van der Waals surface area (Å²) in [5.41, 5.74) is 7.38. The Balaban J connectivity index is 2.85. The van der Waals surface area contributed by atoms with Gasteiger partial charge in [-0.05, 0) is 30.2 Å². The first-order valence-corrected chi connectivity index (χ1v) is 6.50. The van der Waals surface area contributed by atoms with Gasteiger partial charge in [0.05, 0.1) is 0 Å². The Morgan fingerprint density at radius 1 is 1.26 bits per heavy atom. The molecule has 0 aliphatic carbocycles. The molecular formula is C15H25N3O. The lowest BCUT2D eigenvalue weighted by atomic mass is 9.93. The van der Waals surface area contributed by atoms with Crippen LogP contribution in [-0.4, -0.2) is 45.0 Å². The van der Waals surface area contributed by atoms with Crippen LogP contribution in [-0.2, 0) is 0 Å². The van der Waals surface area contributed by atoms with Crippen molar-refractivity contribution in [2.45, 2.75) is 13.8 Å². The molecule has 1 rings (SSSR count). The van der Waals surface area contributed by atoms with Gasteiger partial charge in [0.25, 0.3) is 5.91 Å². The van der Waals surface area contributed by atoms with Crippen LogP contribution in [0.4, 0.5) is 5.69 Å². The second kappa shape index (κ2) is 6.06. The zero-order valence-corrected chi connectivity index (χ0v) is 12.6. The van der Waals surface area contributed by atoms with Crippen LogP contribution < -0.4 is 10.6 Å². The Morgan fingerprint density at radius 3 is 2.42 bits per heavy atom. The van der Waals surface area contributed by atoms with E-state index >= 15 is 0 Å². The van der Waals surface area contributed by atoms with Gasteiger partial charge in [0.2, 0.25) is 0 Å². The standard InChI is InChI=1S/C15H25N3O/c1-15(2,10-16)11-18(5)14(19)12-7-6-8-13(9-12)17(3)4/h6-9H,10-11,16H2,1-5H3. The molecule has 4 heteroatoms. The molecule has 0 fully saturated rings. The molecule has 0 aromatic heterocycles. The van der Waals surface area contributed by atoms with Gasteiger partial charge < -0.3 is 15.5 Å². The van der Waals surface area contributed by atoms with Gasteiger partial charge in [-0.2, -0.15) is 0 Å². The van der Waals surface area contributed by atoms with Gasteiger partial charge in [-0.15, -0.1) is 0 Å². The van der Waals surface area contributed by atoms with Crippen molar-refractivity contribution in [1.82, 2.24) is 4.90 Å². The highest BCUT2D eigenvalue weighted by atomic mass is 16.2. The van der Waals surface area contributed by atoms with Gasteiger partial charge in [-0.25, -0.2) is 0 Å². The second-order valence-electron chi connectivity index (χ2n) is 5.97. The fraction of sp³-hybridized carbons (Fsp3) is 0.533. The van der Waals surface area contributed by atoms with Gasteiger partial charge in [0.1, 0.15) is 0 Å². The summed E-state index contributed by atoms with van der Waals surface area (Å²) in [6, 6.07) is 7.65. The molecule has 0 spiro atoms. The summed E-state index contributed by atoms with van der Waals surface area (Å²) in [7, 11) is 5.75. The second-order valence-corrected chi connectivity index (χ2v) is 5.97. The molecule has 0 bridgehead atoms. The highest BCUT2D eigenvalue weighted by molar-refractivity contribution is 5.95. The lowest BCUT2D eigenvalue weighted by Crippen LogP contribution is -2.39. The molecule has 0 saturated carbocycles. The van der Waals surface area contributed by atoms with E-state index in [1.54, 1.807) is 4.90 Å². The Bertz CT molecular complexity index is 441. The van der Waals surface area contributed by atoms with Crippen molar-refractivity contribution in [3.63, 3.8) is 0 Å². The van der Waals surface area contributed by atoms with Crippen molar-refractivity contribution in [2.24, 2.45) is 11.1 Å². The minimum Gasteiger partial charge on any atom is -0.378 e. The van der Waals surface area contributed by atoms with Gasteiger partial charge in [-0.3, -0.25) is 4.79 Å². The predicted molar refractivity (Wildman–Crippen MR) is 80.6 cm³/mol. The smallest absolute Gasteiger partial charge is 0.253 e. The van der Waals surface area contributed by atoms with E-state index in [-0.39, 0.29) is 11.3 Å². The molecule has 0 atom stereocenters. The van der Waals surface area contributed by atoms with Crippen LogP contribution in [0.3, 0.4) is 0 Å². The van der Waals surface area contributed by atoms with Crippen molar-refractivity contribution >= 4 is 11.6 Å². The molecule has 0 aliphatic heterocycles. The number of nitrogens with zero attached hydrogens (tertiary/aromatic N) is 2. The maximum absolute atomic E-state index is 12.4. The molecule has 0 heterocycles. The summed E-state index contributed by atoms with van der Waals surface area (Å²) in [6.07, 6.45) is 0. The van der Waals surface area contributed by atoms with Crippen molar-refractivity contribution in [3.8, 4) is 0 Å². The third kappa shape index (κ3) is 4.24. The highest BCUT2D eigenvalue weighted by Gasteiger charge is 2.22. The maximum atomic E-state index is 12.4. The molecule has 0 saturated heterocycles. The van der Waals surface area contributed by atoms with Gasteiger partial charge in [-0.1, -0.05) is 19.9 Å². The molecule has 1 aromatic carbocycles. The number of benzene rings is 1. The molecule has 2 N–H and O–H groups in total. The molecular weight excluding hydrogens is 238 g/mol. The summed E-state index contributed by atoms with van der Waals surface area (Å²) in [6.45, 7) is 5.33. The van der Waals surface area contributed by atoms with Gasteiger partial charge >= 0.3 is 0 Å². The van der Waals surface area contributed by atoms with E-state index in [0.29, 0.717) is 18.7 Å². The average Bonchev–Trinajstić information content (AvgIpc) is 2.37. The zero-order chi connectivity index (χ0) is 14.6. The van der Waals surface area contributed by atoms with Crippen molar-refractivity contribution < 1.29 is 4.79 Å². The Labute approximate surface area is 116 Å². The number of amides is 1. The molecule has 0 radical (unpaired) electrons.